The fraction of sp³-hybridized carbons (Fsp3) is 0.191. The Kier molecular flexibility index (Phi) is 13.5. The van der Waals surface area contributed by atoms with E-state index in [1.165, 1.54) is 11.3 Å². The fourth-order valence-electron chi connectivity index (χ4n) is 7.40. The minimum Gasteiger partial charge on any atom is -0.399 e. The summed E-state index contributed by atoms with van der Waals surface area (Å²) >= 11 is 31.2. The second kappa shape index (κ2) is 18.5. The zero-order valence-corrected chi connectivity index (χ0v) is 41.0. The first kappa shape index (κ1) is 48.8. The molecule has 0 atom stereocenters. The van der Waals surface area contributed by atoms with Crippen LogP contribution in [0.3, 0.4) is 0 Å². The van der Waals surface area contributed by atoms with Crippen LogP contribution in [0.5, 0.6) is 0 Å². The molecule has 0 saturated heterocycles. The SMILES string of the molecule is CC1(C)C(=O)NC(=O)c2c1ccc1nc(Nc3c(Cl)cccc3Cl)sc21.CC1(C)C(=O)NC(=O)c2cc(N)ccc21.CC1(C)C(=O)NC(=O)c2cc(NC(=S)Nc3c(Cl)cccc3Cl)ccc21. The fourth-order valence-corrected chi connectivity index (χ4v) is 9.62. The van der Waals surface area contributed by atoms with E-state index in [0.717, 1.165) is 5.56 Å². The number of anilines is 5. The van der Waals surface area contributed by atoms with Gasteiger partial charge in [-0.1, -0.05) is 88.1 Å². The van der Waals surface area contributed by atoms with Crippen LogP contribution in [-0.2, 0) is 30.6 Å². The third kappa shape index (κ3) is 9.55. The number of amides is 6. The van der Waals surface area contributed by atoms with Gasteiger partial charge in [-0.15, -0.1) is 0 Å². The summed E-state index contributed by atoms with van der Waals surface area (Å²) < 4.78 is 0.714. The standard InChI is InChI=1S/C18H13Cl2N3O2S.C18H15Cl2N3O2S.C11H12N2O2/c1-18(2)8-6-7-11-14(12(8)15(24)23-16(18)25)26-17(21-11)22-13-9(19)4-3-5-10(13)20;1-18(2)11-7-6-9(8-10(11)15(24)23-16(18)25)21-17(26)22-14-12(19)4-3-5-13(14)20;1-11(2)8-4-3-6(12)5-7(8)9(14)13-10(11)15/h3-7H,1-2H3,(H,21,22)(H,23,24,25);3-8H,1-2H3,(H2,21,22,26)(H,23,24,25);3-5H,12H2,1-2H3,(H,13,14,15). The Labute approximate surface area is 413 Å². The topological polar surface area (TPSA) is 214 Å². The monoisotopic (exact) mass is 1020 g/mol. The molecule has 5 aromatic carbocycles. The van der Waals surface area contributed by atoms with E-state index in [2.05, 4.69) is 36.9 Å². The van der Waals surface area contributed by atoms with Crippen molar-refractivity contribution in [2.24, 2.45) is 0 Å². The Morgan fingerprint density at radius 1 is 0.597 bits per heavy atom. The molecule has 344 valence electrons. The first-order chi connectivity index (χ1) is 31.4. The minimum absolute atomic E-state index is 0.270. The van der Waals surface area contributed by atoms with Gasteiger partial charge in [-0.25, -0.2) is 4.98 Å². The molecule has 1 aromatic heterocycles. The molecule has 6 aromatic rings. The van der Waals surface area contributed by atoms with E-state index in [4.69, 9.17) is 64.4 Å². The summed E-state index contributed by atoms with van der Waals surface area (Å²) in [4.78, 5) is 76.5. The molecule has 67 heavy (non-hydrogen) atoms. The Bertz CT molecular complexity index is 3090. The maximum atomic E-state index is 12.5. The maximum Gasteiger partial charge on any atom is 0.259 e. The highest BCUT2D eigenvalue weighted by molar-refractivity contribution is 7.80. The summed E-state index contributed by atoms with van der Waals surface area (Å²) in [6.45, 7) is 10.7. The number of nitrogens with two attached hydrogens (primary N) is 1. The van der Waals surface area contributed by atoms with Crippen molar-refractivity contribution in [1.82, 2.24) is 20.9 Å². The normalized spacial score (nSPS) is 16.0. The zero-order chi connectivity index (χ0) is 48.9. The lowest BCUT2D eigenvalue weighted by atomic mass is 9.78. The van der Waals surface area contributed by atoms with Crippen LogP contribution >= 0.6 is 70.0 Å². The number of hydrogen-bond acceptors (Lipinski definition) is 11. The van der Waals surface area contributed by atoms with E-state index in [0.29, 0.717) is 86.0 Å². The molecule has 9 rings (SSSR count). The number of nitrogens with one attached hydrogen (secondary N) is 6. The molecule has 8 N–H and O–H groups in total. The van der Waals surface area contributed by atoms with E-state index < -0.39 is 28.1 Å². The van der Waals surface area contributed by atoms with Crippen LogP contribution in [-0.4, -0.2) is 45.5 Å². The van der Waals surface area contributed by atoms with Gasteiger partial charge in [0, 0.05) is 22.5 Å². The van der Waals surface area contributed by atoms with Gasteiger partial charge in [-0.05, 0) is 125 Å². The van der Waals surface area contributed by atoms with Crippen LogP contribution < -0.4 is 37.6 Å². The molecule has 6 amide bonds. The molecule has 0 spiro atoms. The number of aromatic nitrogens is 1. The zero-order valence-electron chi connectivity index (χ0n) is 36.4. The number of nitrogens with zero attached hydrogens (tertiary/aromatic N) is 1. The van der Waals surface area contributed by atoms with Crippen LogP contribution in [0.15, 0.2) is 84.9 Å². The highest BCUT2D eigenvalue weighted by Gasteiger charge is 2.42. The van der Waals surface area contributed by atoms with Crippen molar-refractivity contribution in [2.45, 2.75) is 57.8 Å². The van der Waals surface area contributed by atoms with Crippen molar-refractivity contribution in [2.75, 3.05) is 21.7 Å². The molecule has 0 radical (unpaired) electrons. The number of carbonyl (C=O) groups is 6. The number of imide groups is 3. The third-order valence-electron chi connectivity index (χ3n) is 11.4. The molecule has 0 saturated carbocycles. The molecule has 4 heterocycles. The number of hydrogen-bond donors (Lipinski definition) is 7. The smallest absolute Gasteiger partial charge is 0.259 e. The van der Waals surface area contributed by atoms with E-state index in [1.54, 1.807) is 120 Å². The second-order valence-electron chi connectivity index (χ2n) is 17.0. The van der Waals surface area contributed by atoms with Crippen molar-refractivity contribution in [3.05, 3.63) is 138 Å². The van der Waals surface area contributed by atoms with Crippen LogP contribution in [0.4, 0.5) is 27.9 Å². The molecule has 0 fully saturated rings. The summed E-state index contributed by atoms with van der Waals surface area (Å²) in [5, 5.41) is 18.8. The quantitative estimate of drug-likeness (QED) is 0.0499. The van der Waals surface area contributed by atoms with Crippen LogP contribution in [0.1, 0.15) is 89.3 Å². The van der Waals surface area contributed by atoms with E-state index in [-0.39, 0.29) is 28.7 Å². The Hall–Kier alpha value is -6.14. The summed E-state index contributed by atoms with van der Waals surface area (Å²) in [5.41, 5.74) is 9.69. The second-order valence-corrected chi connectivity index (χ2v) is 20.1. The first-order valence-electron chi connectivity index (χ1n) is 20.2. The lowest BCUT2D eigenvalue weighted by Crippen LogP contribution is -2.48. The molecule has 0 unspecified atom stereocenters. The molecular weight excluding hydrogens is 979 g/mol. The molecule has 20 heteroatoms. The van der Waals surface area contributed by atoms with Crippen LogP contribution in [0, 0.1) is 0 Å². The predicted octanol–water partition coefficient (Wildman–Crippen LogP) is 10.1. The summed E-state index contributed by atoms with van der Waals surface area (Å²) in [6.07, 6.45) is 0. The first-order valence-corrected chi connectivity index (χ1v) is 22.9. The van der Waals surface area contributed by atoms with Crippen molar-refractivity contribution >= 4 is 149 Å². The number of halogens is 4. The van der Waals surface area contributed by atoms with Crippen molar-refractivity contribution in [3.8, 4) is 0 Å². The van der Waals surface area contributed by atoms with E-state index in [9.17, 15) is 28.8 Å². The number of nitrogen functional groups attached to an aromatic ring is 1. The largest absolute Gasteiger partial charge is 0.399 e. The molecule has 0 aliphatic carbocycles. The molecule has 0 bridgehead atoms. The number of benzene rings is 5. The van der Waals surface area contributed by atoms with Gasteiger partial charge in [0.15, 0.2) is 10.2 Å². The number of para-hydroxylation sites is 2. The van der Waals surface area contributed by atoms with Gasteiger partial charge in [0.05, 0.1) is 63.5 Å². The Morgan fingerprint density at radius 2 is 1.06 bits per heavy atom. The van der Waals surface area contributed by atoms with Gasteiger partial charge in [0.25, 0.3) is 17.7 Å². The average Bonchev–Trinajstić information content (AvgIpc) is 3.68. The molecular formula is C47H40Cl4N8O6S2. The summed E-state index contributed by atoms with van der Waals surface area (Å²) in [5.74, 6) is -2.10. The number of fused-ring (bicyclic) bond motifs is 5. The number of thiazole rings is 1. The Morgan fingerprint density at radius 3 is 1.61 bits per heavy atom. The predicted molar refractivity (Wildman–Crippen MR) is 269 cm³/mol. The van der Waals surface area contributed by atoms with Crippen molar-refractivity contribution in [1.29, 1.82) is 0 Å². The maximum absolute atomic E-state index is 12.5. The van der Waals surface area contributed by atoms with Gasteiger partial charge in [-0.2, -0.15) is 0 Å². The lowest BCUT2D eigenvalue weighted by Gasteiger charge is -2.30. The van der Waals surface area contributed by atoms with Gasteiger partial charge in [0.2, 0.25) is 17.7 Å². The Balaban J connectivity index is 0.000000155. The van der Waals surface area contributed by atoms with Gasteiger partial charge in [-0.3, -0.25) is 44.7 Å². The van der Waals surface area contributed by atoms with E-state index in [1.807, 2.05) is 6.07 Å². The molecule has 3 aliphatic heterocycles. The number of carbonyl (C=O) groups excluding carboxylic acids is 6. The number of rotatable bonds is 4. The highest BCUT2D eigenvalue weighted by atomic mass is 35.5. The highest BCUT2D eigenvalue weighted by Crippen LogP contribution is 2.41. The van der Waals surface area contributed by atoms with Gasteiger partial charge < -0.3 is 21.7 Å². The molecule has 3 aliphatic rings. The third-order valence-corrected chi connectivity index (χ3v) is 13.9. The number of thiocarbonyl (C=S) groups is 1. The molecule has 14 nitrogen and oxygen atoms in total. The van der Waals surface area contributed by atoms with Crippen molar-refractivity contribution < 1.29 is 28.8 Å². The van der Waals surface area contributed by atoms with Crippen LogP contribution in [0.2, 0.25) is 20.1 Å². The van der Waals surface area contributed by atoms with Crippen molar-refractivity contribution in [3.63, 3.8) is 0 Å². The van der Waals surface area contributed by atoms with Crippen LogP contribution in [0.25, 0.3) is 10.2 Å². The van der Waals surface area contributed by atoms with E-state index >= 15 is 0 Å². The summed E-state index contributed by atoms with van der Waals surface area (Å²) in [7, 11) is 0. The minimum atomic E-state index is -0.791. The average molecular weight is 1020 g/mol. The lowest BCUT2D eigenvalue weighted by molar-refractivity contribution is -0.125. The summed E-state index contributed by atoms with van der Waals surface area (Å²) in [6, 6.07) is 24.1. The van der Waals surface area contributed by atoms with Gasteiger partial charge >= 0.3 is 0 Å². The van der Waals surface area contributed by atoms with Gasteiger partial charge in [0.1, 0.15) is 0 Å².